The van der Waals surface area contributed by atoms with Crippen molar-refractivity contribution in [2.24, 2.45) is 0 Å². The molecule has 1 fully saturated rings. The van der Waals surface area contributed by atoms with Gasteiger partial charge in [-0.15, -0.1) is 0 Å². The second-order valence-electron chi connectivity index (χ2n) is 4.12. The molecule has 0 amide bonds. The van der Waals surface area contributed by atoms with Gasteiger partial charge in [0.15, 0.2) is 0 Å². The number of rotatable bonds is 3. The van der Waals surface area contributed by atoms with E-state index in [4.69, 9.17) is 4.74 Å². The van der Waals surface area contributed by atoms with E-state index < -0.39 is 0 Å². The molecule has 14 heavy (non-hydrogen) atoms. The Kier molecular flexibility index (Phi) is 2.73. The molecule has 1 aromatic rings. The summed E-state index contributed by atoms with van der Waals surface area (Å²) in [6, 6.07) is 9.01. The van der Waals surface area contributed by atoms with E-state index in [2.05, 4.69) is 43.4 Å². The molecule has 2 heteroatoms. The second kappa shape index (κ2) is 4.01. The third-order valence-electron chi connectivity index (χ3n) is 2.58. The molecule has 76 valence electrons. The van der Waals surface area contributed by atoms with Gasteiger partial charge in [0.1, 0.15) is 0 Å². The Morgan fingerprint density at radius 1 is 1.29 bits per heavy atom. The van der Waals surface area contributed by atoms with Crippen molar-refractivity contribution in [3.05, 3.63) is 29.8 Å². The molecule has 0 bridgehead atoms. The Morgan fingerprint density at radius 2 is 2.00 bits per heavy atom. The first kappa shape index (κ1) is 9.53. The van der Waals surface area contributed by atoms with Gasteiger partial charge in [0.25, 0.3) is 0 Å². The van der Waals surface area contributed by atoms with Gasteiger partial charge in [-0.05, 0) is 17.5 Å². The average molecular weight is 191 g/mol. The van der Waals surface area contributed by atoms with Crippen molar-refractivity contribution in [2.75, 3.05) is 18.5 Å². The van der Waals surface area contributed by atoms with Crippen LogP contribution in [-0.4, -0.2) is 19.3 Å². The summed E-state index contributed by atoms with van der Waals surface area (Å²) in [7, 11) is 0. The minimum Gasteiger partial charge on any atom is -0.377 e. The van der Waals surface area contributed by atoms with Gasteiger partial charge in [-0.1, -0.05) is 32.0 Å². The number of benzene rings is 1. The third-order valence-corrected chi connectivity index (χ3v) is 2.58. The van der Waals surface area contributed by atoms with Crippen molar-refractivity contribution in [3.8, 4) is 0 Å². The predicted octanol–water partition coefficient (Wildman–Crippen LogP) is 2.62. The third kappa shape index (κ3) is 1.90. The van der Waals surface area contributed by atoms with Crippen molar-refractivity contribution >= 4 is 5.69 Å². The van der Waals surface area contributed by atoms with Crippen LogP contribution >= 0.6 is 0 Å². The summed E-state index contributed by atoms with van der Waals surface area (Å²) in [5.41, 5.74) is 2.65. The summed E-state index contributed by atoms with van der Waals surface area (Å²) in [6.45, 7) is 6.12. The number of para-hydroxylation sites is 1. The Balaban J connectivity index is 2.13. The molecule has 1 aromatic carbocycles. The Morgan fingerprint density at radius 3 is 2.57 bits per heavy atom. The fourth-order valence-corrected chi connectivity index (χ4v) is 1.67. The number of hydrogen-bond acceptors (Lipinski definition) is 2. The lowest BCUT2D eigenvalue weighted by Gasteiger charge is -2.29. The first-order valence-corrected chi connectivity index (χ1v) is 5.20. The minimum atomic E-state index is 0.509. The zero-order chi connectivity index (χ0) is 9.97. The molecule has 1 saturated heterocycles. The molecule has 1 aliphatic rings. The molecule has 1 N–H and O–H groups in total. The van der Waals surface area contributed by atoms with Gasteiger partial charge in [0.2, 0.25) is 0 Å². The highest BCUT2D eigenvalue weighted by molar-refractivity contribution is 5.53. The SMILES string of the molecule is CC(C)c1ccccc1NC1COC1. The first-order valence-electron chi connectivity index (χ1n) is 5.20. The van der Waals surface area contributed by atoms with E-state index in [1.54, 1.807) is 0 Å². The normalized spacial score (nSPS) is 16.8. The summed E-state index contributed by atoms with van der Waals surface area (Å²) in [5.74, 6) is 0.569. The molecule has 0 atom stereocenters. The highest BCUT2D eigenvalue weighted by Crippen LogP contribution is 2.25. The standard InChI is InChI=1S/C12H17NO/c1-9(2)11-5-3-4-6-12(11)13-10-7-14-8-10/h3-6,9-10,13H,7-8H2,1-2H3. The maximum atomic E-state index is 5.14. The maximum Gasteiger partial charge on any atom is 0.0728 e. The molecule has 1 heterocycles. The highest BCUT2D eigenvalue weighted by atomic mass is 16.5. The predicted molar refractivity (Wildman–Crippen MR) is 58.8 cm³/mol. The summed E-state index contributed by atoms with van der Waals surface area (Å²) >= 11 is 0. The van der Waals surface area contributed by atoms with Gasteiger partial charge in [-0.2, -0.15) is 0 Å². The van der Waals surface area contributed by atoms with Gasteiger partial charge in [0, 0.05) is 5.69 Å². The van der Waals surface area contributed by atoms with Crippen LogP contribution in [0, 0.1) is 0 Å². The summed E-state index contributed by atoms with van der Waals surface area (Å²) in [5, 5.41) is 3.50. The van der Waals surface area contributed by atoms with Crippen molar-refractivity contribution in [1.82, 2.24) is 0 Å². The maximum absolute atomic E-state index is 5.14. The van der Waals surface area contributed by atoms with Gasteiger partial charge >= 0.3 is 0 Å². The van der Waals surface area contributed by atoms with Crippen LogP contribution in [0.4, 0.5) is 5.69 Å². The van der Waals surface area contributed by atoms with E-state index in [9.17, 15) is 0 Å². The lowest BCUT2D eigenvalue weighted by atomic mass is 10.0. The zero-order valence-electron chi connectivity index (χ0n) is 8.79. The largest absolute Gasteiger partial charge is 0.377 e. The fourth-order valence-electron chi connectivity index (χ4n) is 1.67. The number of anilines is 1. The zero-order valence-corrected chi connectivity index (χ0v) is 8.79. The van der Waals surface area contributed by atoms with E-state index in [1.165, 1.54) is 11.3 Å². The van der Waals surface area contributed by atoms with Gasteiger partial charge in [0.05, 0.1) is 19.3 Å². The van der Waals surface area contributed by atoms with Crippen LogP contribution < -0.4 is 5.32 Å². The van der Waals surface area contributed by atoms with E-state index in [0.29, 0.717) is 12.0 Å². The summed E-state index contributed by atoms with van der Waals surface area (Å²) in [4.78, 5) is 0. The highest BCUT2D eigenvalue weighted by Gasteiger charge is 2.19. The molecule has 2 rings (SSSR count). The topological polar surface area (TPSA) is 21.3 Å². The van der Waals surface area contributed by atoms with Gasteiger partial charge in [-0.3, -0.25) is 0 Å². The van der Waals surface area contributed by atoms with E-state index >= 15 is 0 Å². The number of nitrogens with one attached hydrogen (secondary N) is 1. The monoisotopic (exact) mass is 191 g/mol. The van der Waals surface area contributed by atoms with E-state index in [1.807, 2.05) is 0 Å². The van der Waals surface area contributed by atoms with Crippen LogP contribution in [0.3, 0.4) is 0 Å². The summed E-state index contributed by atoms with van der Waals surface area (Å²) < 4.78 is 5.14. The van der Waals surface area contributed by atoms with Crippen molar-refractivity contribution in [3.63, 3.8) is 0 Å². The van der Waals surface area contributed by atoms with Gasteiger partial charge < -0.3 is 10.1 Å². The molecular weight excluding hydrogens is 174 g/mol. The Labute approximate surface area is 85.3 Å². The Hall–Kier alpha value is -1.02. The first-order chi connectivity index (χ1) is 6.77. The van der Waals surface area contributed by atoms with Crippen LogP contribution in [0.1, 0.15) is 25.3 Å². The second-order valence-corrected chi connectivity index (χ2v) is 4.12. The van der Waals surface area contributed by atoms with Crippen LogP contribution in [0.5, 0.6) is 0 Å². The lowest BCUT2D eigenvalue weighted by Crippen LogP contribution is -2.40. The van der Waals surface area contributed by atoms with Crippen LogP contribution in [0.15, 0.2) is 24.3 Å². The molecule has 0 aliphatic carbocycles. The fraction of sp³-hybridized carbons (Fsp3) is 0.500. The van der Waals surface area contributed by atoms with Crippen molar-refractivity contribution < 1.29 is 4.74 Å². The minimum absolute atomic E-state index is 0.509. The summed E-state index contributed by atoms with van der Waals surface area (Å²) in [6.07, 6.45) is 0. The quantitative estimate of drug-likeness (QED) is 0.793. The Bertz CT molecular complexity index is 305. The average Bonchev–Trinajstić information content (AvgIpc) is 2.12. The number of ether oxygens (including phenoxy) is 1. The van der Waals surface area contributed by atoms with Crippen molar-refractivity contribution in [2.45, 2.75) is 25.8 Å². The molecule has 2 nitrogen and oxygen atoms in total. The molecule has 0 radical (unpaired) electrons. The van der Waals surface area contributed by atoms with Gasteiger partial charge in [-0.25, -0.2) is 0 Å². The van der Waals surface area contributed by atoms with Crippen LogP contribution in [0.2, 0.25) is 0 Å². The van der Waals surface area contributed by atoms with E-state index in [0.717, 1.165) is 13.2 Å². The molecule has 0 saturated carbocycles. The van der Waals surface area contributed by atoms with Crippen molar-refractivity contribution in [1.29, 1.82) is 0 Å². The molecular formula is C12H17NO. The number of hydrogen-bond donors (Lipinski definition) is 1. The molecule has 0 aromatic heterocycles. The van der Waals surface area contributed by atoms with Crippen LogP contribution in [-0.2, 0) is 4.74 Å². The molecule has 1 aliphatic heterocycles. The lowest BCUT2D eigenvalue weighted by molar-refractivity contribution is 0.0210. The van der Waals surface area contributed by atoms with E-state index in [-0.39, 0.29) is 0 Å². The molecule has 0 spiro atoms. The molecule has 0 unspecified atom stereocenters. The smallest absolute Gasteiger partial charge is 0.0728 e. The van der Waals surface area contributed by atoms with Crippen LogP contribution in [0.25, 0.3) is 0 Å².